The molecule has 5 nitrogen and oxygen atoms in total. The molecule has 1 aromatic carbocycles. The highest BCUT2D eigenvalue weighted by molar-refractivity contribution is 5.44. The van der Waals surface area contributed by atoms with Crippen molar-refractivity contribution in [2.45, 2.75) is 38.0 Å². The first-order chi connectivity index (χ1) is 11.7. The number of benzene rings is 1. The average molecular weight is 332 g/mol. The van der Waals surface area contributed by atoms with E-state index < -0.39 is 0 Å². The van der Waals surface area contributed by atoms with Gasteiger partial charge in [-0.1, -0.05) is 6.07 Å². The lowest BCUT2D eigenvalue weighted by molar-refractivity contribution is -0.00618. The molecule has 4 rings (SSSR count). The molecule has 0 amide bonds. The molecule has 1 aromatic rings. The maximum atomic E-state index is 10.5. The van der Waals surface area contributed by atoms with Crippen LogP contribution in [-0.2, 0) is 24.1 Å². The Morgan fingerprint density at radius 3 is 2.67 bits per heavy atom. The predicted octanol–water partition coefficient (Wildman–Crippen LogP) is 1.06. The lowest BCUT2D eigenvalue weighted by Gasteiger charge is -2.33. The summed E-state index contributed by atoms with van der Waals surface area (Å²) in [5.41, 5.74) is 4.19. The Morgan fingerprint density at radius 2 is 1.92 bits per heavy atom. The SMILES string of the molecule is COc1cc2c(cc1CN1C[C@H](O)[C@@H](N3CCOCC3)C1)CCC2. The van der Waals surface area contributed by atoms with Crippen molar-refractivity contribution in [3.63, 3.8) is 0 Å². The number of nitrogens with zero attached hydrogens (tertiary/aromatic N) is 2. The molecule has 2 atom stereocenters. The average Bonchev–Trinajstić information content (AvgIpc) is 3.20. The van der Waals surface area contributed by atoms with Gasteiger partial charge in [-0.15, -0.1) is 0 Å². The monoisotopic (exact) mass is 332 g/mol. The van der Waals surface area contributed by atoms with E-state index in [2.05, 4.69) is 21.9 Å². The number of ether oxygens (including phenoxy) is 2. The number of methoxy groups -OCH3 is 1. The summed E-state index contributed by atoms with van der Waals surface area (Å²) < 4.78 is 11.1. The summed E-state index contributed by atoms with van der Waals surface area (Å²) in [5, 5.41) is 10.5. The van der Waals surface area contributed by atoms with E-state index in [0.717, 1.165) is 51.7 Å². The van der Waals surface area contributed by atoms with Crippen molar-refractivity contribution in [2.75, 3.05) is 46.5 Å². The Hall–Kier alpha value is -1.14. The molecule has 2 aliphatic heterocycles. The number of likely N-dealkylation sites (tertiary alicyclic amines) is 1. The normalized spacial score (nSPS) is 28.2. The molecule has 3 aliphatic rings. The number of fused-ring (bicyclic) bond motifs is 1. The fourth-order valence-electron chi connectivity index (χ4n) is 4.45. The standard InChI is InChI=1S/C19H28N2O3/c1-23-19-10-15-4-2-3-14(15)9-16(19)11-20-12-17(18(22)13-20)21-5-7-24-8-6-21/h9-10,17-18,22H,2-8,11-13H2,1H3/t17-,18-/m0/s1. The van der Waals surface area contributed by atoms with Gasteiger partial charge in [0, 0.05) is 44.3 Å². The van der Waals surface area contributed by atoms with Gasteiger partial charge in [0.25, 0.3) is 0 Å². The summed E-state index contributed by atoms with van der Waals surface area (Å²) in [6.07, 6.45) is 3.34. The van der Waals surface area contributed by atoms with Crippen molar-refractivity contribution in [3.8, 4) is 5.75 Å². The molecule has 24 heavy (non-hydrogen) atoms. The summed E-state index contributed by atoms with van der Waals surface area (Å²) in [7, 11) is 1.76. The molecule has 5 heteroatoms. The van der Waals surface area contributed by atoms with Crippen LogP contribution >= 0.6 is 0 Å². The molecule has 1 N–H and O–H groups in total. The van der Waals surface area contributed by atoms with Crippen LogP contribution in [0.2, 0.25) is 0 Å². The second-order valence-corrected chi connectivity index (χ2v) is 7.26. The minimum Gasteiger partial charge on any atom is -0.496 e. The van der Waals surface area contributed by atoms with Crippen LogP contribution in [0.4, 0.5) is 0 Å². The van der Waals surface area contributed by atoms with Gasteiger partial charge in [-0.05, 0) is 36.5 Å². The van der Waals surface area contributed by atoms with Crippen LogP contribution < -0.4 is 4.74 Å². The van der Waals surface area contributed by atoms with Gasteiger partial charge < -0.3 is 14.6 Å². The van der Waals surface area contributed by atoms with Crippen molar-refractivity contribution < 1.29 is 14.6 Å². The molecule has 2 fully saturated rings. The molecule has 0 spiro atoms. The highest BCUT2D eigenvalue weighted by Gasteiger charge is 2.36. The van der Waals surface area contributed by atoms with Gasteiger partial charge in [0.15, 0.2) is 0 Å². The van der Waals surface area contributed by atoms with E-state index in [9.17, 15) is 5.11 Å². The number of β-amino-alcohol motifs (C(OH)–C–C–N with tert-alkyl or cyclic N) is 1. The second-order valence-electron chi connectivity index (χ2n) is 7.26. The van der Waals surface area contributed by atoms with Crippen LogP contribution in [0.5, 0.6) is 5.75 Å². The quantitative estimate of drug-likeness (QED) is 0.893. The lowest BCUT2D eigenvalue weighted by atomic mass is 10.0. The third kappa shape index (κ3) is 3.18. The fraction of sp³-hybridized carbons (Fsp3) is 0.684. The number of aliphatic hydroxyl groups excluding tert-OH is 1. The number of morpholine rings is 1. The molecule has 132 valence electrons. The van der Waals surface area contributed by atoms with Crippen molar-refractivity contribution >= 4 is 0 Å². The van der Waals surface area contributed by atoms with E-state index in [-0.39, 0.29) is 12.1 Å². The van der Waals surface area contributed by atoms with Gasteiger partial charge in [-0.2, -0.15) is 0 Å². The fourth-order valence-corrected chi connectivity index (χ4v) is 4.45. The van der Waals surface area contributed by atoms with Gasteiger partial charge in [0.2, 0.25) is 0 Å². The van der Waals surface area contributed by atoms with Gasteiger partial charge in [-0.25, -0.2) is 0 Å². The zero-order valence-electron chi connectivity index (χ0n) is 14.5. The maximum Gasteiger partial charge on any atom is 0.123 e. The Bertz CT molecular complexity index is 586. The molecule has 0 saturated carbocycles. The Labute approximate surface area is 144 Å². The van der Waals surface area contributed by atoms with Crippen molar-refractivity contribution in [1.82, 2.24) is 9.80 Å². The highest BCUT2D eigenvalue weighted by Crippen LogP contribution is 2.31. The first-order valence-corrected chi connectivity index (χ1v) is 9.15. The van der Waals surface area contributed by atoms with Crippen LogP contribution in [-0.4, -0.2) is 73.6 Å². The molecule has 0 bridgehead atoms. The number of hydrogen-bond acceptors (Lipinski definition) is 5. The number of aliphatic hydroxyl groups is 1. The van der Waals surface area contributed by atoms with E-state index in [1.807, 2.05) is 0 Å². The number of aryl methyl sites for hydroxylation is 2. The van der Waals surface area contributed by atoms with E-state index in [0.29, 0.717) is 0 Å². The predicted molar refractivity (Wildman–Crippen MR) is 92.5 cm³/mol. The van der Waals surface area contributed by atoms with E-state index in [4.69, 9.17) is 9.47 Å². The van der Waals surface area contributed by atoms with Gasteiger partial charge in [0.1, 0.15) is 5.75 Å². The zero-order chi connectivity index (χ0) is 16.5. The van der Waals surface area contributed by atoms with Crippen LogP contribution in [0.3, 0.4) is 0 Å². The second kappa shape index (κ2) is 7.00. The van der Waals surface area contributed by atoms with Gasteiger partial charge >= 0.3 is 0 Å². The summed E-state index contributed by atoms with van der Waals surface area (Å²) in [6, 6.07) is 4.79. The van der Waals surface area contributed by atoms with Crippen molar-refractivity contribution in [3.05, 3.63) is 28.8 Å². The van der Waals surface area contributed by atoms with E-state index in [1.54, 1.807) is 7.11 Å². The first kappa shape index (κ1) is 16.3. The first-order valence-electron chi connectivity index (χ1n) is 9.15. The molecule has 2 saturated heterocycles. The van der Waals surface area contributed by atoms with Crippen molar-refractivity contribution in [2.24, 2.45) is 0 Å². The Balaban J connectivity index is 1.46. The largest absolute Gasteiger partial charge is 0.496 e. The van der Waals surface area contributed by atoms with Gasteiger partial charge in [0.05, 0.1) is 26.4 Å². The van der Waals surface area contributed by atoms with Crippen molar-refractivity contribution in [1.29, 1.82) is 0 Å². The summed E-state index contributed by atoms with van der Waals surface area (Å²) in [6.45, 7) is 5.93. The summed E-state index contributed by atoms with van der Waals surface area (Å²) >= 11 is 0. The third-order valence-corrected chi connectivity index (χ3v) is 5.74. The smallest absolute Gasteiger partial charge is 0.123 e. The highest BCUT2D eigenvalue weighted by atomic mass is 16.5. The van der Waals surface area contributed by atoms with E-state index in [1.165, 1.54) is 36.0 Å². The molecule has 2 heterocycles. The zero-order valence-corrected chi connectivity index (χ0v) is 14.5. The minimum absolute atomic E-state index is 0.231. The lowest BCUT2D eigenvalue weighted by Crippen LogP contribution is -2.48. The summed E-state index contributed by atoms with van der Waals surface area (Å²) in [5.74, 6) is 1.000. The number of rotatable bonds is 4. The third-order valence-electron chi connectivity index (χ3n) is 5.74. The van der Waals surface area contributed by atoms with Crippen LogP contribution in [0.25, 0.3) is 0 Å². The van der Waals surface area contributed by atoms with E-state index >= 15 is 0 Å². The topological polar surface area (TPSA) is 45.2 Å². The molecule has 0 aromatic heterocycles. The van der Waals surface area contributed by atoms with Crippen LogP contribution in [0, 0.1) is 0 Å². The maximum absolute atomic E-state index is 10.5. The Kier molecular flexibility index (Phi) is 4.77. The summed E-state index contributed by atoms with van der Waals surface area (Å²) in [4.78, 5) is 4.75. The van der Waals surface area contributed by atoms with Gasteiger partial charge in [-0.3, -0.25) is 9.80 Å². The molecule has 0 radical (unpaired) electrons. The molecular formula is C19H28N2O3. The molecule has 1 aliphatic carbocycles. The minimum atomic E-state index is -0.275. The number of hydrogen-bond donors (Lipinski definition) is 1. The van der Waals surface area contributed by atoms with Crippen LogP contribution in [0.15, 0.2) is 12.1 Å². The molecule has 0 unspecified atom stereocenters. The Morgan fingerprint density at radius 1 is 1.17 bits per heavy atom. The van der Waals surface area contributed by atoms with Crippen LogP contribution in [0.1, 0.15) is 23.1 Å². The molecular weight excluding hydrogens is 304 g/mol.